The van der Waals surface area contributed by atoms with Crippen LogP contribution in [-0.2, 0) is 6.54 Å². The first kappa shape index (κ1) is 20.4. The number of anilines is 1. The molecule has 0 saturated carbocycles. The molecule has 0 bridgehead atoms. The largest absolute Gasteiger partial charge is 0.493 e. The van der Waals surface area contributed by atoms with Crippen LogP contribution in [-0.4, -0.2) is 11.2 Å². The smallest absolute Gasteiger partial charge is 0.119 e. The highest BCUT2D eigenvalue weighted by atomic mass is 16.5. The number of fused-ring (bicyclic) bond motifs is 6. The van der Waals surface area contributed by atoms with Crippen LogP contribution >= 0.6 is 0 Å². The Bertz CT molecular complexity index is 1360. The summed E-state index contributed by atoms with van der Waals surface area (Å²) >= 11 is 0. The minimum atomic E-state index is 0.299. The van der Waals surface area contributed by atoms with Gasteiger partial charge in [-0.2, -0.15) is 0 Å². The molecular formula is C30H32N2O. The minimum absolute atomic E-state index is 0.299. The SMILES string of the molecule is CCn1c2ccccc2c2cc(C3Nc4ccc(OCC(C)C)cc4C4C=CCC43)ccc21. The number of aryl methyl sites for hydroxylation is 1. The van der Waals surface area contributed by atoms with Crippen LogP contribution in [0.15, 0.2) is 72.8 Å². The predicted octanol–water partition coefficient (Wildman–Crippen LogP) is 7.68. The van der Waals surface area contributed by atoms with Gasteiger partial charge >= 0.3 is 0 Å². The van der Waals surface area contributed by atoms with Crippen LogP contribution in [0.3, 0.4) is 0 Å². The van der Waals surface area contributed by atoms with Crippen molar-refractivity contribution >= 4 is 27.5 Å². The van der Waals surface area contributed by atoms with E-state index in [-0.39, 0.29) is 0 Å². The molecule has 0 radical (unpaired) electrons. The van der Waals surface area contributed by atoms with Crippen LogP contribution in [0.25, 0.3) is 21.8 Å². The van der Waals surface area contributed by atoms with Crippen molar-refractivity contribution in [3.63, 3.8) is 0 Å². The van der Waals surface area contributed by atoms with E-state index in [1.165, 1.54) is 38.6 Å². The highest BCUT2D eigenvalue weighted by Gasteiger charge is 2.38. The number of aromatic nitrogens is 1. The minimum Gasteiger partial charge on any atom is -0.493 e. The van der Waals surface area contributed by atoms with Crippen LogP contribution in [0.2, 0.25) is 0 Å². The molecule has 1 aliphatic carbocycles. The third kappa shape index (κ3) is 3.33. The van der Waals surface area contributed by atoms with Crippen molar-refractivity contribution in [2.75, 3.05) is 11.9 Å². The van der Waals surface area contributed by atoms with E-state index in [1.54, 1.807) is 0 Å². The fourth-order valence-electron chi connectivity index (χ4n) is 5.86. The lowest BCUT2D eigenvalue weighted by atomic mass is 9.77. The molecule has 0 fully saturated rings. The van der Waals surface area contributed by atoms with Crippen molar-refractivity contribution in [3.8, 4) is 5.75 Å². The Kier molecular flexibility index (Phi) is 4.94. The fraction of sp³-hybridized carbons (Fsp3) is 0.333. The first-order valence-corrected chi connectivity index (χ1v) is 12.3. The van der Waals surface area contributed by atoms with Gasteiger partial charge in [0.1, 0.15) is 5.75 Å². The molecule has 0 spiro atoms. The molecule has 168 valence electrons. The first-order valence-electron chi connectivity index (χ1n) is 12.3. The molecule has 4 aromatic rings. The highest BCUT2D eigenvalue weighted by molar-refractivity contribution is 6.08. The van der Waals surface area contributed by atoms with Crippen LogP contribution in [0.5, 0.6) is 5.75 Å². The highest BCUT2D eigenvalue weighted by Crippen LogP contribution is 2.51. The lowest BCUT2D eigenvalue weighted by Gasteiger charge is -2.37. The number of nitrogens with one attached hydrogen (secondary N) is 1. The molecule has 1 aromatic heterocycles. The number of ether oxygens (including phenoxy) is 1. The van der Waals surface area contributed by atoms with Crippen LogP contribution in [0.1, 0.15) is 50.3 Å². The van der Waals surface area contributed by atoms with Gasteiger partial charge in [-0.15, -0.1) is 0 Å². The van der Waals surface area contributed by atoms with Gasteiger partial charge in [0.05, 0.1) is 12.6 Å². The van der Waals surface area contributed by atoms with Gasteiger partial charge in [0, 0.05) is 40.0 Å². The van der Waals surface area contributed by atoms with Crippen molar-refractivity contribution in [2.45, 2.75) is 45.7 Å². The van der Waals surface area contributed by atoms with E-state index in [9.17, 15) is 0 Å². The van der Waals surface area contributed by atoms with Crippen molar-refractivity contribution in [1.29, 1.82) is 0 Å². The van der Waals surface area contributed by atoms with Crippen molar-refractivity contribution < 1.29 is 4.74 Å². The van der Waals surface area contributed by atoms with Gasteiger partial charge in [-0.3, -0.25) is 0 Å². The Balaban J connectivity index is 1.40. The maximum Gasteiger partial charge on any atom is 0.119 e. The number of hydrogen-bond donors (Lipinski definition) is 1. The van der Waals surface area contributed by atoms with Gasteiger partial charge in [-0.05, 0) is 72.7 Å². The first-order chi connectivity index (χ1) is 16.1. The Morgan fingerprint density at radius 1 is 1.00 bits per heavy atom. The third-order valence-electron chi connectivity index (χ3n) is 7.39. The summed E-state index contributed by atoms with van der Waals surface area (Å²) in [5, 5.41) is 6.61. The summed E-state index contributed by atoms with van der Waals surface area (Å²) in [6.07, 6.45) is 5.88. The van der Waals surface area contributed by atoms with E-state index in [4.69, 9.17) is 4.74 Å². The Morgan fingerprint density at radius 2 is 1.85 bits per heavy atom. The van der Waals surface area contributed by atoms with E-state index >= 15 is 0 Å². The molecule has 3 aromatic carbocycles. The van der Waals surface area contributed by atoms with Gasteiger partial charge < -0.3 is 14.6 Å². The van der Waals surface area contributed by atoms with E-state index in [1.807, 2.05) is 0 Å². The molecule has 0 amide bonds. The normalized spacial score (nSPS) is 21.4. The zero-order valence-electron chi connectivity index (χ0n) is 19.7. The summed E-state index contributed by atoms with van der Waals surface area (Å²) in [5.74, 6) is 2.46. The Hall–Kier alpha value is -3.20. The molecule has 2 aliphatic rings. The number of benzene rings is 3. The molecule has 1 aliphatic heterocycles. The molecule has 3 heteroatoms. The second-order valence-electron chi connectivity index (χ2n) is 9.97. The Labute approximate surface area is 196 Å². The van der Waals surface area contributed by atoms with Gasteiger partial charge in [-0.1, -0.05) is 50.3 Å². The average molecular weight is 437 g/mol. The molecule has 0 saturated heterocycles. The predicted molar refractivity (Wildman–Crippen MR) is 138 cm³/mol. The number of nitrogens with zero attached hydrogens (tertiary/aromatic N) is 1. The summed E-state index contributed by atoms with van der Waals surface area (Å²) in [6, 6.07) is 22.8. The maximum atomic E-state index is 6.04. The summed E-state index contributed by atoms with van der Waals surface area (Å²) in [4.78, 5) is 0. The van der Waals surface area contributed by atoms with Crippen molar-refractivity contribution in [2.24, 2.45) is 11.8 Å². The van der Waals surface area contributed by atoms with E-state index in [0.29, 0.717) is 23.8 Å². The summed E-state index contributed by atoms with van der Waals surface area (Å²) < 4.78 is 8.47. The lowest BCUT2D eigenvalue weighted by molar-refractivity contribution is 0.270. The maximum absolute atomic E-state index is 6.04. The topological polar surface area (TPSA) is 26.2 Å². The van der Waals surface area contributed by atoms with Gasteiger partial charge in [0.25, 0.3) is 0 Å². The zero-order valence-corrected chi connectivity index (χ0v) is 19.7. The molecular weight excluding hydrogens is 404 g/mol. The number of para-hydroxylation sites is 1. The van der Waals surface area contributed by atoms with Crippen LogP contribution < -0.4 is 10.1 Å². The van der Waals surface area contributed by atoms with Gasteiger partial charge in [-0.25, -0.2) is 0 Å². The summed E-state index contributed by atoms with van der Waals surface area (Å²) in [5.41, 5.74) is 6.64. The summed E-state index contributed by atoms with van der Waals surface area (Å²) in [6.45, 7) is 8.34. The molecule has 3 atom stereocenters. The monoisotopic (exact) mass is 436 g/mol. The van der Waals surface area contributed by atoms with Crippen LogP contribution in [0.4, 0.5) is 5.69 Å². The fourth-order valence-corrected chi connectivity index (χ4v) is 5.86. The molecule has 33 heavy (non-hydrogen) atoms. The van der Waals surface area contributed by atoms with Crippen LogP contribution in [0, 0.1) is 11.8 Å². The lowest BCUT2D eigenvalue weighted by Crippen LogP contribution is -2.29. The number of allylic oxidation sites excluding steroid dienone is 2. The van der Waals surface area contributed by atoms with Gasteiger partial charge in [0.2, 0.25) is 0 Å². The molecule has 1 N–H and O–H groups in total. The second kappa shape index (κ2) is 7.98. The molecule has 3 nitrogen and oxygen atoms in total. The van der Waals surface area contributed by atoms with Gasteiger partial charge in [0.15, 0.2) is 0 Å². The van der Waals surface area contributed by atoms with Crippen molar-refractivity contribution in [1.82, 2.24) is 4.57 Å². The molecule has 3 unspecified atom stereocenters. The Morgan fingerprint density at radius 3 is 2.70 bits per heavy atom. The third-order valence-corrected chi connectivity index (χ3v) is 7.39. The summed E-state index contributed by atoms with van der Waals surface area (Å²) in [7, 11) is 0. The van der Waals surface area contributed by atoms with E-state index in [2.05, 4.69) is 103 Å². The zero-order chi connectivity index (χ0) is 22.5. The molecule has 6 rings (SSSR count). The quantitative estimate of drug-likeness (QED) is 0.325. The second-order valence-corrected chi connectivity index (χ2v) is 9.97. The number of rotatable bonds is 5. The standard InChI is InChI=1S/C30H32N2O/c1-4-32-28-11-6-5-8-23(28)26-16-20(12-15-29(26)32)30-24-10-7-9-22(24)25-17-21(33-18-19(2)3)13-14-27(25)31-30/h5-9,11-17,19,22,24,30-31H,4,10,18H2,1-3H3. The van der Waals surface area contributed by atoms with Crippen molar-refractivity contribution in [3.05, 3.63) is 83.9 Å². The van der Waals surface area contributed by atoms with E-state index < -0.39 is 0 Å². The number of hydrogen-bond acceptors (Lipinski definition) is 2. The molecule has 2 heterocycles. The van der Waals surface area contributed by atoms with E-state index in [0.717, 1.165) is 25.3 Å². The average Bonchev–Trinajstić information content (AvgIpc) is 3.45.